The summed E-state index contributed by atoms with van der Waals surface area (Å²) >= 11 is 17.6. The van der Waals surface area contributed by atoms with Crippen molar-refractivity contribution in [1.29, 1.82) is 0 Å². The van der Waals surface area contributed by atoms with Crippen molar-refractivity contribution >= 4 is 57.7 Å². The third-order valence-corrected chi connectivity index (χ3v) is 5.12. The fourth-order valence-corrected chi connectivity index (χ4v) is 3.73. The molecule has 0 aromatic heterocycles. The lowest BCUT2D eigenvalue weighted by Crippen LogP contribution is -2.50. The highest BCUT2D eigenvalue weighted by Gasteiger charge is 2.19. The van der Waals surface area contributed by atoms with Gasteiger partial charge in [0.2, 0.25) is 0 Å². The van der Waals surface area contributed by atoms with Gasteiger partial charge < -0.3 is 15.1 Å². The largest absolute Gasteiger partial charge is 0.368 e. The second-order valence-corrected chi connectivity index (χ2v) is 7.43. The van der Waals surface area contributed by atoms with Crippen LogP contribution in [0.3, 0.4) is 0 Å². The van der Waals surface area contributed by atoms with E-state index in [-0.39, 0.29) is 5.78 Å². The minimum atomic E-state index is 0.0823. The maximum absolute atomic E-state index is 11.4. The molecule has 1 heterocycles. The maximum atomic E-state index is 11.4. The molecule has 1 aliphatic heterocycles. The number of hydrogen-bond donors (Lipinski definition) is 1. The molecular weight excluding hydrogens is 389 g/mol. The summed E-state index contributed by atoms with van der Waals surface area (Å²) in [5, 5.41) is 5.00. The summed E-state index contributed by atoms with van der Waals surface area (Å²) in [5.41, 5.74) is 2.64. The number of halogens is 2. The lowest BCUT2D eigenvalue weighted by Gasteiger charge is -2.37. The first kappa shape index (κ1) is 19.0. The molecule has 0 amide bonds. The van der Waals surface area contributed by atoms with E-state index in [0.29, 0.717) is 15.2 Å². The third kappa shape index (κ3) is 4.67. The summed E-state index contributed by atoms with van der Waals surface area (Å²) in [5.74, 6) is 0.0823. The normalized spacial score (nSPS) is 14.3. The highest BCUT2D eigenvalue weighted by Crippen LogP contribution is 2.23. The van der Waals surface area contributed by atoms with E-state index in [9.17, 15) is 4.79 Å². The molecule has 26 heavy (non-hydrogen) atoms. The molecule has 0 bridgehead atoms. The summed E-state index contributed by atoms with van der Waals surface area (Å²) in [6.45, 7) is 4.92. The fraction of sp³-hybridized carbons (Fsp3) is 0.263. The molecule has 7 heteroatoms. The first-order chi connectivity index (χ1) is 12.4. The van der Waals surface area contributed by atoms with Gasteiger partial charge in [0.05, 0.1) is 0 Å². The van der Waals surface area contributed by atoms with Crippen LogP contribution in [-0.2, 0) is 0 Å². The number of anilines is 2. The molecule has 0 saturated carbocycles. The van der Waals surface area contributed by atoms with Crippen LogP contribution in [0.15, 0.2) is 42.5 Å². The predicted molar refractivity (Wildman–Crippen MR) is 113 cm³/mol. The zero-order chi connectivity index (χ0) is 18.7. The number of Topliss-reactive ketones (excluding diaryl/α,β-unsaturated/α-hetero) is 1. The van der Waals surface area contributed by atoms with Crippen LogP contribution in [0, 0.1) is 0 Å². The van der Waals surface area contributed by atoms with Gasteiger partial charge in [-0.1, -0.05) is 23.2 Å². The number of ketones is 1. The Morgan fingerprint density at radius 1 is 1.00 bits per heavy atom. The van der Waals surface area contributed by atoms with E-state index in [2.05, 4.69) is 15.1 Å². The lowest BCUT2D eigenvalue weighted by molar-refractivity contribution is 0.101. The molecule has 0 atom stereocenters. The van der Waals surface area contributed by atoms with Crippen molar-refractivity contribution in [3.05, 3.63) is 58.1 Å². The van der Waals surface area contributed by atoms with Gasteiger partial charge in [0.25, 0.3) is 0 Å². The maximum Gasteiger partial charge on any atom is 0.173 e. The van der Waals surface area contributed by atoms with Crippen LogP contribution in [0.1, 0.15) is 17.3 Å². The van der Waals surface area contributed by atoms with Crippen LogP contribution in [0.4, 0.5) is 11.4 Å². The van der Waals surface area contributed by atoms with Crippen LogP contribution in [0.25, 0.3) is 0 Å². The Bertz CT molecular complexity index is 798. The Morgan fingerprint density at radius 3 is 2.12 bits per heavy atom. The van der Waals surface area contributed by atoms with E-state index in [0.717, 1.165) is 43.1 Å². The summed E-state index contributed by atoms with van der Waals surface area (Å²) < 4.78 is 0. The van der Waals surface area contributed by atoms with Gasteiger partial charge in [0.1, 0.15) is 0 Å². The predicted octanol–water partition coefficient (Wildman–Crippen LogP) is 4.72. The summed E-state index contributed by atoms with van der Waals surface area (Å²) in [6.07, 6.45) is 0. The van der Waals surface area contributed by atoms with E-state index < -0.39 is 0 Å². The Kier molecular flexibility index (Phi) is 6.01. The van der Waals surface area contributed by atoms with Gasteiger partial charge in [0, 0.05) is 53.2 Å². The van der Waals surface area contributed by atoms with Crippen molar-refractivity contribution in [2.45, 2.75) is 6.92 Å². The fourth-order valence-electron chi connectivity index (χ4n) is 2.90. The molecule has 1 N–H and O–H groups in total. The quantitative estimate of drug-likeness (QED) is 0.588. The Balaban J connectivity index is 1.57. The first-order valence-corrected chi connectivity index (χ1v) is 9.47. The monoisotopic (exact) mass is 407 g/mol. The number of rotatable bonds is 3. The van der Waals surface area contributed by atoms with Gasteiger partial charge in [0.15, 0.2) is 10.9 Å². The zero-order valence-electron chi connectivity index (χ0n) is 14.3. The number of nitrogens with zero attached hydrogens (tertiary/aromatic N) is 2. The Morgan fingerprint density at radius 2 is 1.58 bits per heavy atom. The number of piperazine rings is 1. The molecule has 136 valence electrons. The van der Waals surface area contributed by atoms with E-state index in [1.807, 2.05) is 24.3 Å². The van der Waals surface area contributed by atoms with Crippen LogP contribution in [0.2, 0.25) is 10.0 Å². The second kappa shape index (κ2) is 8.25. The Labute approximate surface area is 168 Å². The molecule has 0 unspecified atom stereocenters. The molecule has 2 aromatic rings. The van der Waals surface area contributed by atoms with Crippen LogP contribution in [-0.4, -0.2) is 42.0 Å². The van der Waals surface area contributed by atoms with Gasteiger partial charge in [-0.2, -0.15) is 0 Å². The number of carbonyl (C=O) groups is 1. The highest BCUT2D eigenvalue weighted by atomic mass is 35.5. The van der Waals surface area contributed by atoms with E-state index in [1.54, 1.807) is 25.1 Å². The molecule has 4 nitrogen and oxygen atoms in total. The van der Waals surface area contributed by atoms with Crippen LogP contribution >= 0.6 is 35.4 Å². The van der Waals surface area contributed by atoms with Crippen LogP contribution in [0.5, 0.6) is 0 Å². The Hall–Kier alpha value is -1.82. The number of thiocarbonyl (C=S) groups is 1. The molecule has 0 aliphatic carbocycles. The summed E-state index contributed by atoms with van der Waals surface area (Å²) in [7, 11) is 0. The van der Waals surface area contributed by atoms with E-state index in [1.165, 1.54) is 0 Å². The van der Waals surface area contributed by atoms with E-state index >= 15 is 0 Å². The van der Waals surface area contributed by atoms with Gasteiger partial charge in [-0.15, -0.1) is 0 Å². The SMILES string of the molecule is CC(=O)c1ccc(N2CCN(C(=S)Nc3cc(Cl)cc(Cl)c3)CC2)cc1. The average molecular weight is 408 g/mol. The van der Waals surface area contributed by atoms with Crippen molar-refractivity contribution in [2.24, 2.45) is 0 Å². The van der Waals surface area contributed by atoms with Gasteiger partial charge in [-0.05, 0) is 61.6 Å². The topological polar surface area (TPSA) is 35.6 Å². The lowest BCUT2D eigenvalue weighted by atomic mass is 10.1. The van der Waals surface area contributed by atoms with Gasteiger partial charge >= 0.3 is 0 Å². The number of benzene rings is 2. The summed E-state index contributed by atoms with van der Waals surface area (Å²) in [4.78, 5) is 15.8. The molecule has 2 aromatic carbocycles. The van der Waals surface area contributed by atoms with Crippen molar-refractivity contribution in [1.82, 2.24) is 4.90 Å². The minimum absolute atomic E-state index is 0.0823. The molecule has 0 spiro atoms. The smallest absolute Gasteiger partial charge is 0.173 e. The van der Waals surface area contributed by atoms with Crippen molar-refractivity contribution in [3.63, 3.8) is 0 Å². The third-order valence-electron chi connectivity index (χ3n) is 4.32. The minimum Gasteiger partial charge on any atom is -0.368 e. The van der Waals surface area contributed by atoms with Crippen molar-refractivity contribution in [2.75, 3.05) is 36.4 Å². The second-order valence-electron chi connectivity index (χ2n) is 6.17. The average Bonchev–Trinajstić information content (AvgIpc) is 2.61. The molecule has 1 saturated heterocycles. The number of hydrogen-bond acceptors (Lipinski definition) is 3. The number of nitrogens with one attached hydrogen (secondary N) is 1. The zero-order valence-corrected chi connectivity index (χ0v) is 16.7. The van der Waals surface area contributed by atoms with Gasteiger partial charge in [-0.25, -0.2) is 0 Å². The standard InChI is InChI=1S/C19H19Cl2N3OS/c1-13(25)14-2-4-18(5-3-14)23-6-8-24(9-7-23)19(26)22-17-11-15(20)10-16(21)12-17/h2-5,10-12H,6-9H2,1H3,(H,22,26). The molecule has 1 fully saturated rings. The van der Waals surface area contributed by atoms with Crippen molar-refractivity contribution in [3.8, 4) is 0 Å². The van der Waals surface area contributed by atoms with Crippen LogP contribution < -0.4 is 10.2 Å². The van der Waals surface area contributed by atoms with E-state index in [4.69, 9.17) is 35.4 Å². The summed E-state index contributed by atoms with van der Waals surface area (Å²) in [6, 6.07) is 13.0. The van der Waals surface area contributed by atoms with Crippen molar-refractivity contribution < 1.29 is 4.79 Å². The molecular formula is C19H19Cl2N3OS. The van der Waals surface area contributed by atoms with Gasteiger partial charge in [-0.3, -0.25) is 4.79 Å². The molecule has 1 aliphatic rings. The highest BCUT2D eigenvalue weighted by molar-refractivity contribution is 7.80. The number of carbonyl (C=O) groups excluding carboxylic acids is 1. The first-order valence-electron chi connectivity index (χ1n) is 8.30. The molecule has 0 radical (unpaired) electrons. The molecule has 3 rings (SSSR count).